The summed E-state index contributed by atoms with van der Waals surface area (Å²) in [5.41, 5.74) is -0.101. The van der Waals surface area contributed by atoms with E-state index in [1.165, 1.54) is 13.3 Å². The predicted molar refractivity (Wildman–Crippen MR) is 95.2 cm³/mol. The van der Waals surface area contributed by atoms with E-state index in [0.29, 0.717) is 28.9 Å². The highest BCUT2D eigenvalue weighted by atomic mass is 79.9. The van der Waals surface area contributed by atoms with E-state index >= 15 is 0 Å². The summed E-state index contributed by atoms with van der Waals surface area (Å²) in [5.74, 6) is 0.228. The number of nitrogens with zero attached hydrogens (tertiary/aromatic N) is 1. The highest BCUT2D eigenvalue weighted by molar-refractivity contribution is 9.10. The van der Waals surface area contributed by atoms with Crippen LogP contribution in [0, 0.1) is 0 Å². The van der Waals surface area contributed by atoms with Crippen molar-refractivity contribution in [3.8, 4) is 0 Å². The third-order valence-electron chi connectivity index (χ3n) is 2.83. The molecular formula is C16H24BrN3O4. The Morgan fingerprint density at radius 3 is 2.50 bits per heavy atom. The maximum Gasteiger partial charge on any atom is 0.407 e. The van der Waals surface area contributed by atoms with Gasteiger partial charge in [-0.15, -0.1) is 0 Å². The second-order valence-electron chi connectivity index (χ2n) is 6.11. The van der Waals surface area contributed by atoms with E-state index in [0.717, 1.165) is 12.8 Å². The van der Waals surface area contributed by atoms with Crippen molar-refractivity contribution in [2.24, 2.45) is 0 Å². The monoisotopic (exact) mass is 401 g/mol. The van der Waals surface area contributed by atoms with Crippen LogP contribution in [0.1, 0.15) is 44.0 Å². The average molecular weight is 402 g/mol. The van der Waals surface area contributed by atoms with Crippen LogP contribution in [0.25, 0.3) is 0 Å². The zero-order chi connectivity index (χ0) is 18.2. The predicted octanol–water partition coefficient (Wildman–Crippen LogP) is 3.35. The Balaban J connectivity index is 2.26. The molecule has 0 unspecified atom stereocenters. The summed E-state index contributed by atoms with van der Waals surface area (Å²) in [5, 5.41) is 5.88. The van der Waals surface area contributed by atoms with Gasteiger partial charge in [0.25, 0.3) is 0 Å². The normalized spacial score (nSPS) is 10.9. The quantitative estimate of drug-likeness (QED) is 0.537. The molecule has 0 bridgehead atoms. The number of anilines is 1. The molecule has 0 saturated carbocycles. The highest BCUT2D eigenvalue weighted by Crippen LogP contribution is 2.21. The summed E-state index contributed by atoms with van der Waals surface area (Å²) >= 11 is 3.37. The van der Waals surface area contributed by atoms with Gasteiger partial charge in [0.05, 0.1) is 17.1 Å². The summed E-state index contributed by atoms with van der Waals surface area (Å²) in [7, 11) is 1.33. The summed E-state index contributed by atoms with van der Waals surface area (Å²) in [6.07, 6.45) is 2.72. The van der Waals surface area contributed by atoms with Gasteiger partial charge in [-0.1, -0.05) is 0 Å². The highest BCUT2D eigenvalue weighted by Gasteiger charge is 2.15. The Kier molecular flexibility index (Phi) is 7.97. The molecule has 134 valence electrons. The number of hydrogen-bond acceptors (Lipinski definition) is 6. The minimum absolute atomic E-state index is 0.386. The molecule has 0 spiro atoms. The van der Waals surface area contributed by atoms with Crippen molar-refractivity contribution in [1.29, 1.82) is 0 Å². The van der Waals surface area contributed by atoms with Gasteiger partial charge < -0.3 is 20.1 Å². The van der Waals surface area contributed by atoms with Gasteiger partial charge in [0.2, 0.25) is 0 Å². The molecule has 24 heavy (non-hydrogen) atoms. The van der Waals surface area contributed by atoms with Crippen LogP contribution in [0.2, 0.25) is 0 Å². The number of halogens is 1. The van der Waals surface area contributed by atoms with Crippen LogP contribution in [0.5, 0.6) is 0 Å². The van der Waals surface area contributed by atoms with Crippen LogP contribution < -0.4 is 10.6 Å². The lowest BCUT2D eigenvalue weighted by Gasteiger charge is -2.19. The van der Waals surface area contributed by atoms with Crippen molar-refractivity contribution < 1.29 is 19.1 Å². The van der Waals surface area contributed by atoms with Gasteiger partial charge in [-0.25, -0.2) is 14.6 Å². The van der Waals surface area contributed by atoms with Gasteiger partial charge in [0.15, 0.2) is 0 Å². The van der Waals surface area contributed by atoms with Gasteiger partial charge in [0, 0.05) is 19.3 Å². The lowest BCUT2D eigenvalue weighted by Crippen LogP contribution is -2.33. The van der Waals surface area contributed by atoms with E-state index in [1.54, 1.807) is 6.07 Å². The standard InChI is InChI=1S/C16H24BrN3O4/c1-16(2,3)24-15(22)19-8-6-5-7-18-13-12(17)9-11(10-20-13)14(21)23-4/h9-10H,5-8H2,1-4H3,(H,18,20)(H,19,22). The number of carbonyl (C=O) groups is 2. The molecule has 7 nitrogen and oxygen atoms in total. The molecule has 0 fully saturated rings. The number of methoxy groups -OCH3 is 1. The van der Waals surface area contributed by atoms with Gasteiger partial charge in [-0.05, 0) is 55.6 Å². The molecule has 8 heteroatoms. The number of hydrogen-bond donors (Lipinski definition) is 2. The average Bonchev–Trinajstić information content (AvgIpc) is 2.49. The first-order valence-electron chi connectivity index (χ1n) is 7.67. The van der Waals surface area contributed by atoms with E-state index in [2.05, 4.69) is 36.3 Å². The summed E-state index contributed by atoms with van der Waals surface area (Å²) in [4.78, 5) is 27.1. The molecule has 0 aliphatic heterocycles. The van der Waals surface area contributed by atoms with Gasteiger partial charge in [-0.3, -0.25) is 0 Å². The van der Waals surface area contributed by atoms with Gasteiger partial charge in [-0.2, -0.15) is 0 Å². The van der Waals surface area contributed by atoms with E-state index in [1.807, 2.05) is 20.8 Å². The van der Waals surface area contributed by atoms with E-state index < -0.39 is 17.7 Å². The van der Waals surface area contributed by atoms with Gasteiger partial charge >= 0.3 is 12.1 Å². The number of alkyl carbamates (subject to hydrolysis) is 1. The van der Waals surface area contributed by atoms with Crippen molar-refractivity contribution in [2.45, 2.75) is 39.2 Å². The molecule has 0 aromatic carbocycles. The van der Waals surface area contributed by atoms with Crippen LogP contribution in [0.15, 0.2) is 16.7 Å². The molecule has 0 atom stereocenters. The first-order chi connectivity index (χ1) is 11.2. The molecule has 1 aromatic rings. The topological polar surface area (TPSA) is 89.5 Å². The zero-order valence-corrected chi connectivity index (χ0v) is 16.0. The number of pyridine rings is 1. The third kappa shape index (κ3) is 7.63. The number of carbonyl (C=O) groups excluding carboxylic acids is 2. The second kappa shape index (κ2) is 9.46. The number of rotatable bonds is 7. The zero-order valence-electron chi connectivity index (χ0n) is 14.4. The first-order valence-corrected chi connectivity index (χ1v) is 8.47. The van der Waals surface area contributed by atoms with Crippen molar-refractivity contribution >= 4 is 33.8 Å². The first kappa shape index (κ1) is 20.2. The molecule has 1 rings (SSSR count). The maximum absolute atomic E-state index is 11.5. The smallest absolute Gasteiger partial charge is 0.407 e. The molecule has 1 heterocycles. The van der Waals surface area contributed by atoms with Crippen molar-refractivity contribution in [3.05, 3.63) is 22.3 Å². The molecule has 0 aliphatic carbocycles. The Morgan fingerprint density at radius 1 is 1.25 bits per heavy atom. The van der Waals surface area contributed by atoms with E-state index in [-0.39, 0.29) is 0 Å². The van der Waals surface area contributed by atoms with Gasteiger partial charge in [0.1, 0.15) is 11.4 Å². The van der Waals surface area contributed by atoms with Crippen LogP contribution >= 0.6 is 15.9 Å². The van der Waals surface area contributed by atoms with Crippen LogP contribution in [0.4, 0.5) is 10.6 Å². The summed E-state index contributed by atoms with van der Waals surface area (Å²) in [6, 6.07) is 1.66. The Labute approximate surface area is 150 Å². The fraction of sp³-hybridized carbons (Fsp3) is 0.562. The van der Waals surface area contributed by atoms with Crippen LogP contribution in [0.3, 0.4) is 0 Å². The van der Waals surface area contributed by atoms with E-state index in [9.17, 15) is 9.59 Å². The molecule has 1 amide bonds. The molecule has 2 N–H and O–H groups in total. The Bertz CT molecular complexity index is 573. The third-order valence-corrected chi connectivity index (χ3v) is 3.43. The molecular weight excluding hydrogens is 378 g/mol. The van der Waals surface area contributed by atoms with E-state index in [4.69, 9.17) is 4.74 Å². The SMILES string of the molecule is COC(=O)c1cnc(NCCCCNC(=O)OC(C)(C)C)c(Br)c1. The van der Waals surface area contributed by atoms with Crippen LogP contribution in [-0.2, 0) is 9.47 Å². The minimum atomic E-state index is -0.486. The largest absolute Gasteiger partial charge is 0.465 e. The maximum atomic E-state index is 11.5. The summed E-state index contributed by atoms with van der Waals surface area (Å²) < 4.78 is 10.5. The number of unbranched alkanes of at least 4 members (excludes halogenated alkanes) is 1. The van der Waals surface area contributed by atoms with Crippen molar-refractivity contribution in [2.75, 3.05) is 25.5 Å². The molecule has 1 aromatic heterocycles. The van der Waals surface area contributed by atoms with Crippen molar-refractivity contribution in [1.82, 2.24) is 10.3 Å². The number of esters is 1. The van der Waals surface area contributed by atoms with Crippen molar-refractivity contribution in [3.63, 3.8) is 0 Å². The molecule has 0 aliphatic rings. The fourth-order valence-corrected chi connectivity index (χ4v) is 2.25. The summed E-state index contributed by atoms with van der Waals surface area (Å²) in [6.45, 7) is 6.72. The fourth-order valence-electron chi connectivity index (χ4n) is 1.76. The number of aromatic nitrogens is 1. The minimum Gasteiger partial charge on any atom is -0.465 e. The molecule has 0 saturated heterocycles. The lowest BCUT2D eigenvalue weighted by molar-refractivity contribution is 0.0525. The Morgan fingerprint density at radius 2 is 1.92 bits per heavy atom. The van der Waals surface area contributed by atoms with Crippen LogP contribution in [-0.4, -0.2) is 42.8 Å². The number of ether oxygens (including phenoxy) is 2. The lowest BCUT2D eigenvalue weighted by atomic mass is 10.2. The Hall–Kier alpha value is -1.83. The number of nitrogens with one attached hydrogen (secondary N) is 2. The molecule has 0 radical (unpaired) electrons. The second-order valence-corrected chi connectivity index (χ2v) is 6.96. The number of amides is 1.